The van der Waals surface area contributed by atoms with Gasteiger partial charge in [-0.1, -0.05) is 6.42 Å². The molecule has 1 atom stereocenters. The number of hydrogen-bond acceptors (Lipinski definition) is 4. The Balaban J connectivity index is 1.64. The van der Waals surface area contributed by atoms with E-state index in [1.807, 2.05) is 7.05 Å². The molecule has 1 saturated heterocycles. The fraction of sp³-hybridized carbons (Fsp3) is 0.533. The van der Waals surface area contributed by atoms with Gasteiger partial charge in [0.15, 0.2) is 0 Å². The van der Waals surface area contributed by atoms with Crippen LogP contribution in [0.2, 0.25) is 0 Å². The van der Waals surface area contributed by atoms with Crippen molar-refractivity contribution in [3.05, 3.63) is 30.4 Å². The molecule has 0 radical (unpaired) electrons. The van der Waals surface area contributed by atoms with E-state index in [0.29, 0.717) is 11.6 Å². The van der Waals surface area contributed by atoms with Gasteiger partial charge < -0.3 is 10.2 Å². The standard InChI is InChI=1S/C15H21N5O/c1-19(8-5-12-4-2-3-6-17-12)15(21)13-10-18-20-9-7-16-11-14(13)20/h7,9-12,17H,2-6,8H2,1H3. The molecule has 112 valence electrons. The van der Waals surface area contributed by atoms with Crippen LogP contribution in [0.1, 0.15) is 36.0 Å². The summed E-state index contributed by atoms with van der Waals surface area (Å²) in [4.78, 5) is 18.4. The third-order valence-electron chi connectivity index (χ3n) is 4.13. The second-order valence-electron chi connectivity index (χ2n) is 5.63. The molecule has 0 bridgehead atoms. The van der Waals surface area contributed by atoms with Crippen molar-refractivity contribution in [3.63, 3.8) is 0 Å². The predicted molar refractivity (Wildman–Crippen MR) is 80.2 cm³/mol. The number of rotatable bonds is 4. The van der Waals surface area contributed by atoms with Gasteiger partial charge in [-0.15, -0.1) is 0 Å². The van der Waals surface area contributed by atoms with E-state index in [1.54, 1.807) is 34.2 Å². The average molecular weight is 287 g/mol. The molecule has 0 aliphatic carbocycles. The summed E-state index contributed by atoms with van der Waals surface area (Å²) in [5.41, 5.74) is 1.37. The van der Waals surface area contributed by atoms with E-state index >= 15 is 0 Å². The molecule has 1 amide bonds. The number of piperidine rings is 1. The molecule has 1 unspecified atom stereocenters. The van der Waals surface area contributed by atoms with Gasteiger partial charge in [-0.3, -0.25) is 9.78 Å². The van der Waals surface area contributed by atoms with Crippen LogP contribution in [0.3, 0.4) is 0 Å². The van der Waals surface area contributed by atoms with Gasteiger partial charge in [-0.2, -0.15) is 5.10 Å². The van der Waals surface area contributed by atoms with Gasteiger partial charge in [0.05, 0.1) is 23.5 Å². The molecule has 1 N–H and O–H groups in total. The molecule has 0 saturated carbocycles. The van der Waals surface area contributed by atoms with Crippen LogP contribution in [0.25, 0.3) is 5.52 Å². The molecule has 6 heteroatoms. The highest BCUT2D eigenvalue weighted by Crippen LogP contribution is 2.13. The van der Waals surface area contributed by atoms with Gasteiger partial charge >= 0.3 is 0 Å². The van der Waals surface area contributed by atoms with E-state index in [1.165, 1.54) is 19.3 Å². The first-order chi connectivity index (χ1) is 10.3. The maximum Gasteiger partial charge on any atom is 0.257 e. The summed E-state index contributed by atoms with van der Waals surface area (Å²) in [5.74, 6) is 0.00816. The number of amides is 1. The molecule has 1 aliphatic heterocycles. The summed E-state index contributed by atoms with van der Waals surface area (Å²) in [6.45, 7) is 1.86. The third-order valence-corrected chi connectivity index (χ3v) is 4.13. The lowest BCUT2D eigenvalue weighted by Crippen LogP contribution is -2.38. The lowest BCUT2D eigenvalue weighted by molar-refractivity contribution is 0.0790. The zero-order chi connectivity index (χ0) is 14.7. The minimum absolute atomic E-state index is 0.00816. The van der Waals surface area contributed by atoms with Gasteiger partial charge in [-0.05, 0) is 25.8 Å². The van der Waals surface area contributed by atoms with Crippen LogP contribution in [0.4, 0.5) is 0 Å². The second kappa shape index (κ2) is 6.22. The minimum Gasteiger partial charge on any atom is -0.342 e. The summed E-state index contributed by atoms with van der Waals surface area (Å²) in [6.07, 6.45) is 11.5. The Morgan fingerprint density at radius 3 is 3.19 bits per heavy atom. The summed E-state index contributed by atoms with van der Waals surface area (Å²) in [7, 11) is 1.85. The molecule has 1 aliphatic rings. The Morgan fingerprint density at radius 2 is 2.38 bits per heavy atom. The Morgan fingerprint density at radius 1 is 1.48 bits per heavy atom. The van der Waals surface area contributed by atoms with Gasteiger partial charge in [0, 0.05) is 32.0 Å². The van der Waals surface area contributed by atoms with Crippen molar-refractivity contribution in [1.82, 2.24) is 24.8 Å². The van der Waals surface area contributed by atoms with Crippen molar-refractivity contribution in [2.24, 2.45) is 0 Å². The number of aromatic nitrogens is 3. The fourth-order valence-electron chi connectivity index (χ4n) is 2.83. The summed E-state index contributed by atoms with van der Waals surface area (Å²) >= 11 is 0. The molecule has 3 heterocycles. The SMILES string of the molecule is CN(CCC1CCCCN1)C(=O)c1cnn2ccncc12. The van der Waals surface area contributed by atoms with Crippen molar-refractivity contribution < 1.29 is 4.79 Å². The summed E-state index contributed by atoms with van der Waals surface area (Å²) in [6, 6.07) is 0.541. The van der Waals surface area contributed by atoms with Gasteiger partial charge in [-0.25, -0.2) is 4.52 Å². The van der Waals surface area contributed by atoms with Gasteiger partial charge in [0.1, 0.15) is 0 Å². The van der Waals surface area contributed by atoms with Crippen molar-refractivity contribution in [1.29, 1.82) is 0 Å². The fourth-order valence-corrected chi connectivity index (χ4v) is 2.83. The Hall–Kier alpha value is -1.95. The monoisotopic (exact) mass is 287 g/mol. The van der Waals surface area contributed by atoms with Crippen LogP contribution in [0.15, 0.2) is 24.8 Å². The number of nitrogens with one attached hydrogen (secondary N) is 1. The second-order valence-corrected chi connectivity index (χ2v) is 5.63. The number of carbonyl (C=O) groups is 1. The molecule has 2 aromatic heterocycles. The first kappa shape index (κ1) is 14.0. The van der Waals surface area contributed by atoms with Crippen molar-refractivity contribution in [2.45, 2.75) is 31.7 Å². The van der Waals surface area contributed by atoms with Gasteiger partial charge in [0.25, 0.3) is 5.91 Å². The molecule has 2 aromatic rings. The summed E-state index contributed by atoms with van der Waals surface area (Å²) in [5, 5.41) is 7.70. The molecule has 21 heavy (non-hydrogen) atoms. The lowest BCUT2D eigenvalue weighted by Gasteiger charge is -2.25. The lowest BCUT2D eigenvalue weighted by atomic mass is 10.0. The largest absolute Gasteiger partial charge is 0.342 e. The molecule has 0 spiro atoms. The number of fused-ring (bicyclic) bond motifs is 1. The number of carbonyl (C=O) groups excluding carboxylic acids is 1. The molecular weight excluding hydrogens is 266 g/mol. The normalized spacial score (nSPS) is 18.8. The van der Waals surface area contributed by atoms with Crippen LogP contribution < -0.4 is 5.32 Å². The summed E-state index contributed by atoms with van der Waals surface area (Å²) < 4.78 is 1.68. The third kappa shape index (κ3) is 3.05. The van der Waals surface area contributed by atoms with E-state index in [9.17, 15) is 4.79 Å². The van der Waals surface area contributed by atoms with Crippen molar-refractivity contribution in [2.75, 3.05) is 20.1 Å². The van der Waals surface area contributed by atoms with Crippen molar-refractivity contribution >= 4 is 11.4 Å². The Kier molecular flexibility index (Phi) is 4.15. The van der Waals surface area contributed by atoms with Crippen molar-refractivity contribution in [3.8, 4) is 0 Å². The van der Waals surface area contributed by atoms with E-state index in [0.717, 1.165) is 25.0 Å². The smallest absolute Gasteiger partial charge is 0.257 e. The topological polar surface area (TPSA) is 62.5 Å². The van der Waals surface area contributed by atoms with E-state index < -0.39 is 0 Å². The van der Waals surface area contributed by atoms with Crippen LogP contribution in [-0.2, 0) is 0 Å². The van der Waals surface area contributed by atoms with E-state index in [2.05, 4.69) is 15.4 Å². The maximum absolute atomic E-state index is 12.5. The average Bonchev–Trinajstić information content (AvgIpc) is 2.97. The molecule has 1 fully saturated rings. The zero-order valence-electron chi connectivity index (χ0n) is 12.3. The maximum atomic E-state index is 12.5. The van der Waals surface area contributed by atoms with Crippen LogP contribution in [0.5, 0.6) is 0 Å². The Labute approximate surface area is 124 Å². The predicted octanol–water partition coefficient (Wildman–Crippen LogP) is 1.33. The van der Waals surface area contributed by atoms with Crippen LogP contribution in [0, 0.1) is 0 Å². The zero-order valence-corrected chi connectivity index (χ0v) is 12.3. The van der Waals surface area contributed by atoms with Gasteiger partial charge in [0.2, 0.25) is 0 Å². The molecule has 6 nitrogen and oxygen atoms in total. The molecule has 3 rings (SSSR count). The highest BCUT2D eigenvalue weighted by atomic mass is 16.2. The van der Waals surface area contributed by atoms with Crippen LogP contribution in [-0.4, -0.2) is 51.6 Å². The van der Waals surface area contributed by atoms with E-state index in [-0.39, 0.29) is 5.91 Å². The van der Waals surface area contributed by atoms with E-state index in [4.69, 9.17) is 0 Å². The number of hydrogen-bond donors (Lipinski definition) is 1. The van der Waals surface area contributed by atoms with Crippen LogP contribution >= 0.6 is 0 Å². The quantitative estimate of drug-likeness (QED) is 0.921. The molecule has 0 aromatic carbocycles. The first-order valence-electron chi connectivity index (χ1n) is 7.52. The highest BCUT2D eigenvalue weighted by molar-refractivity contribution is 6.00. The highest BCUT2D eigenvalue weighted by Gasteiger charge is 2.19. The Bertz CT molecular complexity index is 617. The number of nitrogens with zero attached hydrogens (tertiary/aromatic N) is 4. The minimum atomic E-state index is 0.00816. The first-order valence-corrected chi connectivity index (χ1v) is 7.52. The molecular formula is C15H21N5O.